The lowest BCUT2D eigenvalue weighted by atomic mass is 10.2. The lowest BCUT2D eigenvalue weighted by Crippen LogP contribution is -2.50. The minimum atomic E-state index is -0.349. The molecule has 2 rings (SSSR count). The van der Waals surface area contributed by atoms with Gasteiger partial charge in [-0.25, -0.2) is 4.39 Å². The summed E-state index contributed by atoms with van der Waals surface area (Å²) < 4.78 is 14.2. The van der Waals surface area contributed by atoms with Crippen LogP contribution in [0.2, 0.25) is 0 Å². The largest absolute Gasteiger partial charge is 0.294 e. The minimum absolute atomic E-state index is 0.112. The van der Waals surface area contributed by atoms with Crippen LogP contribution < -0.4 is 5.32 Å². The van der Waals surface area contributed by atoms with Crippen LogP contribution in [-0.4, -0.2) is 29.8 Å². The highest BCUT2D eigenvalue weighted by atomic mass is 79.9. The molecule has 1 fully saturated rings. The maximum Gasteiger partial charge on any atom is 0.240 e. The van der Waals surface area contributed by atoms with Crippen molar-refractivity contribution in [2.45, 2.75) is 6.54 Å². The van der Waals surface area contributed by atoms with Crippen LogP contribution in [0.5, 0.6) is 0 Å². The molecule has 1 aliphatic heterocycles. The number of nitrogens with zero attached hydrogens (tertiary/aromatic N) is 1. The molecular formula is C11H10BrFN2O2. The molecule has 17 heavy (non-hydrogen) atoms. The zero-order valence-corrected chi connectivity index (χ0v) is 10.5. The number of piperazine rings is 1. The molecule has 0 spiro atoms. The van der Waals surface area contributed by atoms with Crippen molar-refractivity contribution in [2.75, 3.05) is 13.1 Å². The molecule has 1 aromatic carbocycles. The van der Waals surface area contributed by atoms with E-state index >= 15 is 0 Å². The first-order chi connectivity index (χ1) is 8.04. The minimum Gasteiger partial charge on any atom is -0.294 e. The zero-order chi connectivity index (χ0) is 12.4. The van der Waals surface area contributed by atoms with E-state index in [4.69, 9.17) is 0 Å². The summed E-state index contributed by atoms with van der Waals surface area (Å²) in [5.74, 6) is -1.05. The second-order valence-corrected chi connectivity index (χ2v) is 4.77. The Morgan fingerprint density at radius 2 is 1.94 bits per heavy atom. The van der Waals surface area contributed by atoms with Gasteiger partial charge in [-0.2, -0.15) is 0 Å². The third kappa shape index (κ3) is 3.10. The van der Waals surface area contributed by atoms with Crippen LogP contribution in [-0.2, 0) is 16.1 Å². The quantitative estimate of drug-likeness (QED) is 0.831. The summed E-state index contributed by atoms with van der Waals surface area (Å²) in [7, 11) is 0. The van der Waals surface area contributed by atoms with Crippen molar-refractivity contribution in [3.63, 3.8) is 0 Å². The van der Waals surface area contributed by atoms with E-state index in [2.05, 4.69) is 21.2 Å². The van der Waals surface area contributed by atoms with Crippen molar-refractivity contribution in [1.29, 1.82) is 0 Å². The van der Waals surface area contributed by atoms with E-state index in [1.807, 2.05) is 0 Å². The van der Waals surface area contributed by atoms with Gasteiger partial charge in [0.05, 0.1) is 13.1 Å². The van der Waals surface area contributed by atoms with Gasteiger partial charge >= 0.3 is 0 Å². The number of nitrogens with one attached hydrogen (secondary N) is 1. The second-order valence-electron chi connectivity index (χ2n) is 3.85. The van der Waals surface area contributed by atoms with Crippen molar-refractivity contribution in [3.8, 4) is 0 Å². The van der Waals surface area contributed by atoms with E-state index in [1.54, 1.807) is 17.0 Å². The summed E-state index contributed by atoms with van der Waals surface area (Å²) in [5, 5.41) is 2.20. The smallest absolute Gasteiger partial charge is 0.240 e. The molecule has 0 bridgehead atoms. The van der Waals surface area contributed by atoms with Gasteiger partial charge in [0.2, 0.25) is 11.8 Å². The van der Waals surface area contributed by atoms with Crippen LogP contribution in [0.4, 0.5) is 4.39 Å². The first-order valence-electron chi connectivity index (χ1n) is 5.03. The highest BCUT2D eigenvalue weighted by Crippen LogP contribution is 2.17. The lowest BCUT2D eigenvalue weighted by molar-refractivity contribution is -0.136. The number of benzene rings is 1. The van der Waals surface area contributed by atoms with E-state index in [-0.39, 0.29) is 37.3 Å². The molecule has 0 aromatic heterocycles. The van der Waals surface area contributed by atoms with E-state index < -0.39 is 0 Å². The SMILES string of the molecule is O=C1CN(Cc2ccc(Br)cc2F)CC(=O)N1. The second kappa shape index (κ2) is 4.93. The molecule has 0 aliphatic carbocycles. The van der Waals surface area contributed by atoms with Crippen LogP contribution in [0.1, 0.15) is 5.56 Å². The Balaban J connectivity index is 2.10. The molecule has 0 unspecified atom stereocenters. The summed E-state index contributed by atoms with van der Waals surface area (Å²) in [4.78, 5) is 23.9. The van der Waals surface area contributed by atoms with Crippen molar-refractivity contribution in [1.82, 2.24) is 10.2 Å². The molecule has 1 aromatic rings. The monoisotopic (exact) mass is 300 g/mol. The number of imide groups is 1. The normalized spacial score (nSPS) is 17.1. The van der Waals surface area contributed by atoms with Gasteiger partial charge in [0.15, 0.2) is 0 Å². The molecule has 0 atom stereocenters. The van der Waals surface area contributed by atoms with Crippen molar-refractivity contribution in [3.05, 3.63) is 34.1 Å². The average Bonchev–Trinajstić information content (AvgIpc) is 2.21. The molecule has 6 heteroatoms. The molecular weight excluding hydrogens is 291 g/mol. The fourth-order valence-electron chi connectivity index (χ4n) is 1.70. The number of carbonyl (C=O) groups excluding carboxylic acids is 2. The maximum absolute atomic E-state index is 13.6. The van der Waals surface area contributed by atoms with Gasteiger partial charge in [-0.1, -0.05) is 22.0 Å². The lowest BCUT2D eigenvalue weighted by Gasteiger charge is -2.25. The fraction of sp³-hybridized carbons (Fsp3) is 0.273. The molecule has 1 saturated heterocycles. The van der Waals surface area contributed by atoms with Gasteiger partial charge in [0.25, 0.3) is 0 Å². The Bertz CT molecular complexity index is 463. The number of carbonyl (C=O) groups is 2. The summed E-state index contributed by atoms with van der Waals surface area (Å²) >= 11 is 3.17. The highest BCUT2D eigenvalue weighted by Gasteiger charge is 2.22. The third-order valence-electron chi connectivity index (χ3n) is 2.42. The van der Waals surface area contributed by atoms with Gasteiger partial charge in [0.1, 0.15) is 5.82 Å². The van der Waals surface area contributed by atoms with Crippen molar-refractivity contribution >= 4 is 27.7 Å². The fourth-order valence-corrected chi connectivity index (χ4v) is 2.03. The number of halogens is 2. The summed E-state index contributed by atoms with van der Waals surface area (Å²) in [6.45, 7) is 0.473. The van der Waals surface area contributed by atoms with Crippen molar-refractivity contribution in [2.24, 2.45) is 0 Å². The van der Waals surface area contributed by atoms with Crippen LogP contribution in [0.15, 0.2) is 22.7 Å². The number of hydrogen-bond acceptors (Lipinski definition) is 3. The van der Waals surface area contributed by atoms with E-state index in [9.17, 15) is 14.0 Å². The summed E-state index contributed by atoms with van der Waals surface area (Å²) in [6, 6.07) is 4.72. The number of hydrogen-bond donors (Lipinski definition) is 1. The predicted octanol–water partition coefficient (Wildman–Crippen LogP) is 1.05. The average molecular weight is 301 g/mol. The Morgan fingerprint density at radius 1 is 1.29 bits per heavy atom. The topological polar surface area (TPSA) is 49.4 Å². The van der Waals surface area contributed by atoms with Crippen LogP contribution >= 0.6 is 15.9 Å². The summed E-state index contributed by atoms with van der Waals surface area (Å²) in [6.07, 6.45) is 0. The predicted molar refractivity (Wildman–Crippen MR) is 62.5 cm³/mol. The third-order valence-corrected chi connectivity index (χ3v) is 2.92. The highest BCUT2D eigenvalue weighted by molar-refractivity contribution is 9.10. The Hall–Kier alpha value is -1.27. The number of amides is 2. The maximum atomic E-state index is 13.6. The summed E-state index contributed by atoms with van der Waals surface area (Å²) in [5.41, 5.74) is 0.468. The van der Waals surface area contributed by atoms with Gasteiger partial charge in [-0.05, 0) is 12.1 Å². The molecule has 0 saturated carbocycles. The van der Waals surface area contributed by atoms with Gasteiger partial charge in [-0.15, -0.1) is 0 Å². The first kappa shape index (κ1) is 12.2. The molecule has 90 valence electrons. The first-order valence-corrected chi connectivity index (χ1v) is 5.83. The van der Waals surface area contributed by atoms with Crippen LogP contribution in [0.25, 0.3) is 0 Å². The molecule has 2 amide bonds. The van der Waals surface area contributed by atoms with Gasteiger partial charge < -0.3 is 0 Å². The molecule has 1 heterocycles. The Labute approximate surface area is 106 Å². The molecule has 4 nitrogen and oxygen atoms in total. The van der Waals surface area contributed by atoms with Gasteiger partial charge in [-0.3, -0.25) is 19.8 Å². The molecule has 1 N–H and O–H groups in total. The van der Waals surface area contributed by atoms with E-state index in [0.29, 0.717) is 10.0 Å². The standard InChI is InChI=1S/C11H10BrFN2O2/c12-8-2-1-7(9(13)3-8)4-15-5-10(16)14-11(17)6-15/h1-3H,4-6H2,(H,14,16,17). The van der Waals surface area contributed by atoms with E-state index in [0.717, 1.165) is 0 Å². The Kier molecular flexibility index (Phi) is 3.54. The zero-order valence-electron chi connectivity index (χ0n) is 8.87. The number of rotatable bonds is 2. The molecule has 0 radical (unpaired) electrons. The van der Waals surface area contributed by atoms with Crippen LogP contribution in [0, 0.1) is 5.82 Å². The van der Waals surface area contributed by atoms with Gasteiger partial charge in [0, 0.05) is 16.6 Å². The Morgan fingerprint density at radius 3 is 2.53 bits per heavy atom. The van der Waals surface area contributed by atoms with Crippen molar-refractivity contribution < 1.29 is 14.0 Å². The molecule has 1 aliphatic rings. The van der Waals surface area contributed by atoms with Crippen LogP contribution in [0.3, 0.4) is 0 Å². The van der Waals surface area contributed by atoms with E-state index in [1.165, 1.54) is 6.07 Å².